The van der Waals surface area contributed by atoms with Crippen molar-refractivity contribution in [2.75, 3.05) is 34.5 Å². The minimum atomic E-state index is 0.442. The van der Waals surface area contributed by atoms with Crippen LogP contribution in [-0.2, 0) is 11.3 Å². The molecule has 0 aliphatic carbocycles. The summed E-state index contributed by atoms with van der Waals surface area (Å²) in [5.41, 5.74) is 2.71. The number of aryl methyl sites for hydroxylation is 1. The first-order valence-electron chi connectivity index (χ1n) is 8.51. The van der Waals surface area contributed by atoms with Crippen LogP contribution in [0.3, 0.4) is 0 Å². The van der Waals surface area contributed by atoms with Crippen LogP contribution >= 0.6 is 0 Å². The first-order chi connectivity index (χ1) is 12.0. The van der Waals surface area contributed by atoms with Gasteiger partial charge in [-0.05, 0) is 39.4 Å². The summed E-state index contributed by atoms with van der Waals surface area (Å²) >= 11 is 0. The minimum Gasteiger partial charge on any atom is -0.496 e. The summed E-state index contributed by atoms with van der Waals surface area (Å²) in [6.07, 6.45) is 1.06. The van der Waals surface area contributed by atoms with E-state index >= 15 is 0 Å². The molecule has 1 unspecified atom stereocenters. The predicted molar refractivity (Wildman–Crippen MR) is 95.2 cm³/mol. The Bertz CT molecular complexity index is 735. The van der Waals surface area contributed by atoms with Crippen molar-refractivity contribution in [3.8, 4) is 23.0 Å². The summed E-state index contributed by atoms with van der Waals surface area (Å²) < 4.78 is 22.4. The highest BCUT2D eigenvalue weighted by Crippen LogP contribution is 2.38. The van der Waals surface area contributed by atoms with E-state index in [9.17, 15) is 0 Å². The molecule has 0 bridgehead atoms. The van der Waals surface area contributed by atoms with Gasteiger partial charge in [0.1, 0.15) is 17.3 Å². The Kier molecular flexibility index (Phi) is 5.30. The zero-order valence-corrected chi connectivity index (χ0v) is 15.6. The maximum Gasteiger partial charge on any atom is 0.230 e. The highest BCUT2D eigenvalue weighted by atomic mass is 16.5. The summed E-state index contributed by atoms with van der Waals surface area (Å²) in [6.45, 7) is 6.27. The topological polar surface area (TPSA) is 57.0 Å². The van der Waals surface area contributed by atoms with Crippen molar-refractivity contribution >= 4 is 0 Å². The number of nitrogens with zero attached hydrogens (tertiary/aromatic N) is 2. The van der Waals surface area contributed by atoms with Crippen molar-refractivity contribution in [3.05, 3.63) is 29.2 Å². The van der Waals surface area contributed by atoms with Gasteiger partial charge in [-0.2, -0.15) is 0 Å². The van der Waals surface area contributed by atoms with E-state index in [-0.39, 0.29) is 0 Å². The highest BCUT2D eigenvalue weighted by Gasteiger charge is 2.23. The fourth-order valence-electron chi connectivity index (χ4n) is 3.25. The van der Waals surface area contributed by atoms with Gasteiger partial charge in [0, 0.05) is 24.8 Å². The lowest BCUT2D eigenvalue weighted by atomic mass is 10.1. The third-order valence-corrected chi connectivity index (χ3v) is 4.83. The van der Waals surface area contributed by atoms with Gasteiger partial charge in [0.25, 0.3) is 0 Å². The summed E-state index contributed by atoms with van der Waals surface area (Å²) in [4.78, 5) is 7.00. The third kappa shape index (κ3) is 3.50. The summed E-state index contributed by atoms with van der Waals surface area (Å²) in [5, 5.41) is 0. The molecule has 1 fully saturated rings. The normalized spacial score (nSPS) is 17.3. The van der Waals surface area contributed by atoms with Crippen molar-refractivity contribution in [2.24, 2.45) is 0 Å². The number of benzene rings is 1. The van der Waals surface area contributed by atoms with Gasteiger partial charge in [0.05, 0.1) is 32.1 Å². The Balaban J connectivity index is 1.88. The maximum atomic E-state index is 5.95. The van der Waals surface area contributed by atoms with Crippen molar-refractivity contribution in [1.82, 2.24) is 9.88 Å². The fourth-order valence-corrected chi connectivity index (χ4v) is 3.25. The summed E-state index contributed by atoms with van der Waals surface area (Å²) in [5.74, 6) is 2.91. The molecule has 1 aromatic heterocycles. The molecule has 0 N–H and O–H groups in total. The first kappa shape index (κ1) is 17.8. The van der Waals surface area contributed by atoms with Crippen LogP contribution in [-0.4, -0.2) is 50.4 Å². The van der Waals surface area contributed by atoms with Crippen molar-refractivity contribution in [3.63, 3.8) is 0 Å². The van der Waals surface area contributed by atoms with Crippen LogP contribution in [0, 0.1) is 13.8 Å². The van der Waals surface area contributed by atoms with Gasteiger partial charge >= 0.3 is 0 Å². The van der Waals surface area contributed by atoms with Gasteiger partial charge in [-0.15, -0.1) is 0 Å². The van der Waals surface area contributed by atoms with Crippen LogP contribution in [0.25, 0.3) is 11.5 Å². The monoisotopic (exact) mass is 346 g/mol. The van der Waals surface area contributed by atoms with E-state index in [1.807, 2.05) is 26.0 Å². The molecule has 2 heterocycles. The van der Waals surface area contributed by atoms with E-state index in [4.69, 9.17) is 23.6 Å². The molecule has 1 saturated heterocycles. The second-order valence-corrected chi connectivity index (χ2v) is 6.43. The molecule has 2 aromatic rings. The van der Waals surface area contributed by atoms with Gasteiger partial charge in [0.15, 0.2) is 0 Å². The lowest BCUT2D eigenvalue weighted by Gasteiger charge is -2.21. The number of hydrogen-bond acceptors (Lipinski definition) is 6. The third-order valence-electron chi connectivity index (χ3n) is 4.83. The molecule has 1 atom stereocenters. The second kappa shape index (κ2) is 7.45. The SMILES string of the molecule is COc1ccc(-c2nc(CN(C)C3CCOC3)c(C)o2)c(OC)c1C. The Morgan fingerprint density at radius 2 is 2.04 bits per heavy atom. The molecule has 136 valence electrons. The van der Waals surface area contributed by atoms with Crippen LogP contribution in [0.5, 0.6) is 11.5 Å². The number of oxazole rings is 1. The van der Waals surface area contributed by atoms with E-state index in [2.05, 4.69) is 11.9 Å². The molecular formula is C19H26N2O4. The number of ether oxygens (including phenoxy) is 3. The Labute approximate surface area is 148 Å². The summed E-state index contributed by atoms with van der Waals surface area (Å²) in [6, 6.07) is 4.28. The van der Waals surface area contributed by atoms with Crippen molar-refractivity contribution in [2.45, 2.75) is 32.9 Å². The molecule has 6 nitrogen and oxygen atoms in total. The maximum absolute atomic E-state index is 5.95. The molecule has 0 saturated carbocycles. The fraction of sp³-hybridized carbons (Fsp3) is 0.526. The number of likely N-dealkylation sites (N-methyl/N-ethyl adjacent to an activating group) is 1. The zero-order valence-electron chi connectivity index (χ0n) is 15.6. The van der Waals surface area contributed by atoms with Gasteiger partial charge in [-0.25, -0.2) is 4.98 Å². The molecule has 0 amide bonds. The Morgan fingerprint density at radius 1 is 1.24 bits per heavy atom. The van der Waals surface area contributed by atoms with Crippen LogP contribution < -0.4 is 9.47 Å². The molecule has 1 aromatic carbocycles. The largest absolute Gasteiger partial charge is 0.496 e. The standard InChI is InChI=1S/C19H26N2O4/c1-12-17(22-4)7-6-15(18(12)23-5)19-20-16(13(2)25-19)10-21(3)14-8-9-24-11-14/h6-7,14H,8-11H2,1-5H3. The number of aromatic nitrogens is 1. The van der Waals surface area contributed by atoms with Gasteiger partial charge < -0.3 is 18.6 Å². The molecule has 25 heavy (non-hydrogen) atoms. The number of methoxy groups -OCH3 is 2. The average molecular weight is 346 g/mol. The molecule has 0 spiro atoms. The summed E-state index contributed by atoms with van der Waals surface area (Å²) in [7, 11) is 5.40. The van der Waals surface area contributed by atoms with E-state index in [0.717, 1.165) is 60.3 Å². The van der Waals surface area contributed by atoms with Crippen LogP contribution in [0.2, 0.25) is 0 Å². The molecular weight excluding hydrogens is 320 g/mol. The minimum absolute atomic E-state index is 0.442. The predicted octanol–water partition coefficient (Wildman–Crippen LogP) is 3.20. The second-order valence-electron chi connectivity index (χ2n) is 6.43. The van der Waals surface area contributed by atoms with Gasteiger partial charge in [0.2, 0.25) is 5.89 Å². The first-order valence-corrected chi connectivity index (χ1v) is 8.51. The quantitative estimate of drug-likeness (QED) is 0.801. The molecule has 1 aliphatic heterocycles. The van der Waals surface area contributed by atoms with Crippen molar-refractivity contribution < 1.29 is 18.6 Å². The molecule has 3 rings (SSSR count). The van der Waals surface area contributed by atoms with Crippen LogP contribution in [0.15, 0.2) is 16.5 Å². The van der Waals surface area contributed by atoms with Gasteiger partial charge in [-0.1, -0.05) is 0 Å². The van der Waals surface area contributed by atoms with E-state index in [0.29, 0.717) is 11.9 Å². The van der Waals surface area contributed by atoms with E-state index in [1.54, 1.807) is 14.2 Å². The smallest absolute Gasteiger partial charge is 0.230 e. The lowest BCUT2D eigenvalue weighted by molar-refractivity contribution is 0.155. The van der Waals surface area contributed by atoms with E-state index < -0.39 is 0 Å². The lowest BCUT2D eigenvalue weighted by Crippen LogP contribution is -2.31. The Morgan fingerprint density at radius 3 is 2.68 bits per heavy atom. The zero-order chi connectivity index (χ0) is 18.0. The van der Waals surface area contributed by atoms with Gasteiger partial charge in [-0.3, -0.25) is 4.90 Å². The van der Waals surface area contributed by atoms with E-state index in [1.165, 1.54) is 0 Å². The Hall–Kier alpha value is -2.05. The molecule has 6 heteroatoms. The van der Waals surface area contributed by atoms with Crippen molar-refractivity contribution in [1.29, 1.82) is 0 Å². The molecule has 0 radical (unpaired) electrons. The highest BCUT2D eigenvalue weighted by molar-refractivity contribution is 5.68. The number of hydrogen-bond donors (Lipinski definition) is 0. The molecule has 1 aliphatic rings. The van der Waals surface area contributed by atoms with Crippen LogP contribution in [0.1, 0.15) is 23.4 Å². The number of rotatable bonds is 6. The van der Waals surface area contributed by atoms with Crippen LogP contribution in [0.4, 0.5) is 0 Å². The average Bonchev–Trinajstić information content (AvgIpc) is 3.25.